The summed E-state index contributed by atoms with van der Waals surface area (Å²) >= 11 is 0. The van der Waals surface area contributed by atoms with Crippen molar-refractivity contribution in [3.8, 4) is 0 Å². The van der Waals surface area contributed by atoms with Crippen molar-refractivity contribution in [3.05, 3.63) is 66.0 Å². The number of para-hydroxylation sites is 1. The molecule has 9 heteroatoms. The molecule has 4 N–H and O–H groups in total. The summed E-state index contributed by atoms with van der Waals surface area (Å²) < 4.78 is 9.82. The van der Waals surface area contributed by atoms with Gasteiger partial charge < -0.3 is 25.8 Å². The third kappa shape index (κ3) is 4.64. The number of rotatable bonds is 7. The second-order valence-electron chi connectivity index (χ2n) is 6.07. The number of nitrogens with one attached hydrogen (secondary N) is 2. The number of nitrogen functional groups attached to an aromatic ring is 1. The number of hydrogen-bond donors (Lipinski definition) is 3. The zero-order valence-corrected chi connectivity index (χ0v) is 16.5. The Morgan fingerprint density at radius 3 is 2.47 bits per heavy atom. The zero-order valence-electron chi connectivity index (χ0n) is 16.5. The van der Waals surface area contributed by atoms with Crippen LogP contribution in [0.25, 0.3) is 0 Å². The first kappa shape index (κ1) is 20.6. The van der Waals surface area contributed by atoms with Crippen LogP contribution in [0.2, 0.25) is 0 Å². The predicted octanol–water partition coefficient (Wildman–Crippen LogP) is 3.51. The molecule has 1 aromatic heterocycles. The van der Waals surface area contributed by atoms with Crippen LogP contribution in [0.15, 0.2) is 54.9 Å². The quantitative estimate of drug-likeness (QED) is 0.504. The van der Waals surface area contributed by atoms with Gasteiger partial charge in [-0.3, -0.25) is 0 Å². The summed E-state index contributed by atoms with van der Waals surface area (Å²) in [5, 5.41) is 6.11. The van der Waals surface area contributed by atoms with Gasteiger partial charge in [-0.25, -0.2) is 19.6 Å². The van der Waals surface area contributed by atoms with Gasteiger partial charge in [-0.1, -0.05) is 18.2 Å². The Morgan fingerprint density at radius 1 is 1.00 bits per heavy atom. The first-order valence-corrected chi connectivity index (χ1v) is 9.12. The van der Waals surface area contributed by atoms with Crippen molar-refractivity contribution in [2.24, 2.45) is 0 Å². The second-order valence-corrected chi connectivity index (χ2v) is 6.07. The van der Waals surface area contributed by atoms with Gasteiger partial charge in [0, 0.05) is 5.69 Å². The SMILES string of the molecule is CCOC(=O)c1cccc(Nc2ncnc(Nc3ccccc3C(=O)OC)c2N)c1. The van der Waals surface area contributed by atoms with Crippen LogP contribution in [0.4, 0.5) is 28.7 Å². The topological polar surface area (TPSA) is 128 Å². The first-order chi connectivity index (χ1) is 14.5. The average Bonchev–Trinajstić information content (AvgIpc) is 2.77. The van der Waals surface area contributed by atoms with Crippen molar-refractivity contribution in [1.29, 1.82) is 0 Å². The molecule has 0 saturated heterocycles. The first-order valence-electron chi connectivity index (χ1n) is 9.12. The van der Waals surface area contributed by atoms with Crippen LogP contribution in [0.1, 0.15) is 27.6 Å². The van der Waals surface area contributed by atoms with E-state index in [9.17, 15) is 9.59 Å². The normalized spacial score (nSPS) is 10.2. The highest BCUT2D eigenvalue weighted by Gasteiger charge is 2.15. The minimum absolute atomic E-state index is 0.235. The van der Waals surface area contributed by atoms with Gasteiger partial charge in [0.25, 0.3) is 0 Å². The summed E-state index contributed by atoms with van der Waals surface area (Å²) in [6.45, 7) is 2.03. The highest BCUT2D eigenvalue weighted by Crippen LogP contribution is 2.29. The monoisotopic (exact) mass is 407 g/mol. The summed E-state index contributed by atoms with van der Waals surface area (Å²) in [6, 6.07) is 13.6. The molecule has 0 amide bonds. The maximum Gasteiger partial charge on any atom is 0.339 e. The molecular weight excluding hydrogens is 386 g/mol. The summed E-state index contributed by atoms with van der Waals surface area (Å²) in [4.78, 5) is 32.2. The number of carbonyl (C=O) groups is 2. The zero-order chi connectivity index (χ0) is 21.5. The number of nitrogens with two attached hydrogens (primary N) is 1. The second kappa shape index (κ2) is 9.37. The van der Waals surface area contributed by atoms with Crippen molar-refractivity contribution >= 4 is 40.6 Å². The highest BCUT2D eigenvalue weighted by molar-refractivity contribution is 5.97. The van der Waals surface area contributed by atoms with Gasteiger partial charge >= 0.3 is 11.9 Å². The van der Waals surface area contributed by atoms with E-state index in [1.54, 1.807) is 55.5 Å². The number of carbonyl (C=O) groups excluding carboxylic acids is 2. The summed E-state index contributed by atoms with van der Waals surface area (Å²) in [6.07, 6.45) is 1.33. The van der Waals surface area contributed by atoms with Gasteiger partial charge in [-0.15, -0.1) is 0 Å². The van der Waals surface area contributed by atoms with Crippen LogP contribution in [0, 0.1) is 0 Å². The van der Waals surface area contributed by atoms with E-state index in [4.69, 9.17) is 15.2 Å². The molecule has 0 radical (unpaired) electrons. The van der Waals surface area contributed by atoms with Crippen molar-refractivity contribution in [3.63, 3.8) is 0 Å². The molecule has 1 heterocycles. The van der Waals surface area contributed by atoms with Crippen LogP contribution in [0.5, 0.6) is 0 Å². The number of anilines is 5. The number of esters is 2. The lowest BCUT2D eigenvalue weighted by Gasteiger charge is -2.14. The van der Waals surface area contributed by atoms with Gasteiger partial charge in [0.05, 0.1) is 30.5 Å². The van der Waals surface area contributed by atoms with Crippen molar-refractivity contribution in [1.82, 2.24) is 9.97 Å². The average molecular weight is 407 g/mol. The molecule has 154 valence electrons. The molecule has 0 bridgehead atoms. The predicted molar refractivity (Wildman–Crippen MR) is 113 cm³/mol. The summed E-state index contributed by atoms with van der Waals surface area (Å²) in [7, 11) is 1.31. The molecule has 0 saturated carbocycles. The molecule has 30 heavy (non-hydrogen) atoms. The number of aromatic nitrogens is 2. The standard InChI is InChI=1S/C21H21N5O4/c1-3-30-20(27)13-7-6-8-14(11-13)25-18-17(22)19(24-12-23-18)26-16-10-5-4-9-15(16)21(28)29-2/h4-12H,3,22H2,1-2H3,(H2,23,24,25,26). The van der Waals surface area contributed by atoms with E-state index in [1.165, 1.54) is 13.4 Å². The maximum atomic E-state index is 12.0. The lowest BCUT2D eigenvalue weighted by molar-refractivity contribution is 0.0525. The summed E-state index contributed by atoms with van der Waals surface area (Å²) in [5.74, 6) is -0.257. The molecule has 2 aromatic carbocycles. The minimum Gasteiger partial charge on any atom is -0.465 e. The van der Waals surface area contributed by atoms with Crippen molar-refractivity contribution < 1.29 is 19.1 Å². The molecule has 0 unspecified atom stereocenters. The van der Waals surface area contributed by atoms with Crippen LogP contribution < -0.4 is 16.4 Å². The third-order valence-corrected chi connectivity index (χ3v) is 4.11. The number of methoxy groups -OCH3 is 1. The lowest BCUT2D eigenvalue weighted by Crippen LogP contribution is -2.09. The Labute approximate surface area is 173 Å². The van der Waals surface area contributed by atoms with Crippen LogP contribution in [0.3, 0.4) is 0 Å². The minimum atomic E-state index is -0.486. The number of ether oxygens (including phenoxy) is 2. The number of nitrogens with zero attached hydrogens (tertiary/aromatic N) is 2. The van der Waals surface area contributed by atoms with E-state index in [0.717, 1.165) is 0 Å². The Hall–Kier alpha value is -4.14. The van der Waals surface area contributed by atoms with E-state index < -0.39 is 11.9 Å². The number of hydrogen-bond acceptors (Lipinski definition) is 9. The van der Waals surface area contributed by atoms with Gasteiger partial charge in [-0.05, 0) is 37.3 Å². The van der Waals surface area contributed by atoms with Gasteiger partial charge in [0.2, 0.25) is 0 Å². The molecular formula is C21H21N5O4. The van der Waals surface area contributed by atoms with E-state index in [0.29, 0.717) is 34.1 Å². The lowest BCUT2D eigenvalue weighted by atomic mass is 10.1. The fraction of sp³-hybridized carbons (Fsp3) is 0.143. The van der Waals surface area contributed by atoms with Crippen LogP contribution in [-0.2, 0) is 9.47 Å². The Kier molecular flexibility index (Phi) is 6.43. The van der Waals surface area contributed by atoms with E-state index in [1.807, 2.05) is 0 Å². The molecule has 9 nitrogen and oxygen atoms in total. The fourth-order valence-electron chi connectivity index (χ4n) is 2.68. The smallest absolute Gasteiger partial charge is 0.339 e. The van der Waals surface area contributed by atoms with Gasteiger partial charge in [0.1, 0.15) is 12.0 Å². The molecule has 0 aliphatic rings. The van der Waals surface area contributed by atoms with Crippen molar-refractivity contribution in [2.45, 2.75) is 6.92 Å². The number of benzene rings is 2. The molecule has 0 aliphatic heterocycles. The maximum absolute atomic E-state index is 12.0. The Bertz CT molecular complexity index is 1070. The van der Waals surface area contributed by atoms with E-state index in [-0.39, 0.29) is 12.3 Å². The largest absolute Gasteiger partial charge is 0.465 e. The highest BCUT2D eigenvalue weighted by atomic mass is 16.5. The molecule has 0 fully saturated rings. The van der Waals surface area contributed by atoms with E-state index in [2.05, 4.69) is 20.6 Å². The summed E-state index contributed by atoms with van der Waals surface area (Å²) in [5.41, 5.74) is 8.30. The molecule has 0 spiro atoms. The molecule has 3 rings (SSSR count). The van der Waals surface area contributed by atoms with Crippen LogP contribution in [-0.4, -0.2) is 35.6 Å². The Balaban J connectivity index is 1.86. The van der Waals surface area contributed by atoms with Gasteiger partial charge in [0.15, 0.2) is 11.6 Å². The van der Waals surface area contributed by atoms with Crippen LogP contribution >= 0.6 is 0 Å². The molecule has 0 aliphatic carbocycles. The fourth-order valence-corrected chi connectivity index (χ4v) is 2.68. The van der Waals surface area contributed by atoms with E-state index >= 15 is 0 Å². The molecule has 0 atom stereocenters. The van der Waals surface area contributed by atoms with Crippen molar-refractivity contribution in [2.75, 3.05) is 30.1 Å². The Morgan fingerprint density at radius 2 is 1.73 bits per heavy atom. The molecule has 3 aromatic rings. The van der Waals surface area contributed by atoms with Gasteiger partial charge in [-0.2, -0.15) is 0 Å². The third-order valence-electron chi connectivity index (χ3n) is 4.11.